The molecule has 34 heavy (non-hydrogen) atoms. The van der Waals surface area contributed by atoms with Crippen LogP contribution in [0.2, 0.25) is 0 Å². The minimum atomic E-state index is -3.90. The van der Waals surface area contributed by atoms with Crippen molar-refractivity contribution in [2.24, 2.45) is 0 Å². The first-order valence-electron chi connectivity index (χ1n) is 10.1. The summed E-state index contributed by atoms with van der Waals surface area (Å²) in [7, 11) is -3.90. The van der Waals surface area contributed by atoms with E-state index in [4.69, 9.17) is 9.47 Å². The number of rotatable bonds is 10. The molecule has 184 valence electrons. The summed E-state index contributed by atoms with van der Waals surface area (Å²) in [5.74, 6) is -0.288. The lowest BCUT2D eigenvalue weighted by atomic mass is 10.2. The highest BCUT2D eigenvalue weighted by atomic mass is 32.2. The number of alkyl carbamates (subject to hydrolysis) is 1. The van der Waals surface area contributed by atoms with Crippen LogP contribution >= 0.6 is 0 Å². The summed E-state index contributed by atoms with van der Waals surface area (Å²) < 4.78 is 37.7. The number of nitro groups is 1. The maximum absolute atomic E-state index is 12.5. The first-order valence-corrected chi connectivity index (χ1v) is 11.6. The Morgan fingerprint density at radius 2 is 1.74 bits per heavy atom. The van der Waals surface area contributed by atoms with Gasteiger partial charge in [-0.2, -0.15) is 0 Å². The largest absolute Gasteiger partial charge is 0.484 e. The normalized spacial score (nSPS) is 11.4. The Bertz CT molecular complexity index is 1130. The van der Waals surface area contributed by atoms with E-state index in [1.165, 1.54) is 48.5 Å². The smallest absolute Gasteiger partial charge is 0.407 e. The third kappa shape index (κ3) is 9.03. The number of nitrogens with one attached hydrogen (secondary N) is 3. The van der Waals surface area contributed by atoms with Crippen molar-refractivity contribution in [1.29, 1.82) is 0 Å². The van der Waals surface area contributed by atoms with Gasteiger partial charge in [0.05, 0.1) is 9.82 Å². The standard InChI is InChI=1S/C21H26N4O8S/c1-21(2,3)33-20(27)22-11-12-23-34(30,31)18-6-4-5-15(13-18)24-19(26)14-32-17-9-7-16(8-10-17)25(28)29/h4-10,13,23H,11-12,14H2,1-3H3,(H,22,27)(H,24,26). The van der Waals surface area contributed by atoms with E-state index in [1.807, 2.05) is 0 Å². The minimum absolute atomic E-state index is 0.0184. The average molecular weight is 495 g/mol. The Morgan fingerprint density at radius 1 is 1.06 bits per heavy atom. The van der Waals surface area contributed by atoms with E-state index in [0.29, 0.717) is 0 Å². The second-order valence-electron chi connectivity index (χ2n) is 7.94. The van der Waals surface area contributed by atoms with Gasteiger partial charge in [0.2, 0.25) is 10.0 Å². The van der Waals surface area contributed by atoms with Crippen LogP contribution in [0.1, 0.15) is 20.8 Å². The van der Waals surface area contributed by atoms with Gasteiger partial charge in [-0.05, 0) is 51.1 Å². The highest BCUT2D eigenvalue weighted by Gasteiger charge is 2.17. The zero-order valence-corrected chi connectivity index (χ0v) is 19.7. The molecule has 13 heteroatoms. The number of non-ortho nitro benzene ring substituents is 1. The summed E-state index contributed by atoms with van der Waals surface area (Å²) in [6, 6.07) is 10.8. The quantitative estimate of drug-likeness (QED) is 0.257. The maximum Gasteiger partial charge on any atom is 0.407 e. The van der Waals surface area contributed by atoms with Crippen LogP contribution in [0.3, 0.4) is 0 Å². The molecule has 12 nitrogen and oxygen atoms in total. The molecule has 0 aliphatic carbocycles. The Balaban J connectivity index is 1.86. The van der Waals surface area contributed by atoms with Crippen molar-refractivity contribution in [3.8, 4) is 5.75 Å². The molecule has 2 aromatic carbocycles. The molecule has 0 saturated carbocycles. The van der Waals surface area contributed by atoms with E-state index < -0.39 is 32.5 Å². The van der Waals surface area contributed by atoms with Crippen molar-refractivity contribution in [1.82, 2.24) is 10.0 Å². The number of sulfonamides is 1. The molecule has 0 heterocycles. The molecule has 0 bridgehead atoms. The Kier molecular flexibility index (Phi) is 8.92. The van der Waals surface area contributed by atoms with E-state index in [0.717, 1.165) is 0 Å². The average Bonchev–Trinajstić information content (AvgIpc) is 2.74. The minimum Gasteiger partial charge on any atom is -0.484 e. The third-order valence-electron chi connectivity index (χ3n) is 3.93. The third-order valence-corrected chi connectivity index (χ3v) is 5.39. The molecule has 2 amide bonds. The topological polar surface area (TPSA) is 166 Å². The predicted molar refractivity (Wildman–Crippen MR) is 123 cm³/mol. The number of ether oxygens (including phenoxy) is 2. The van der Waals surface area contributed by atoms with Gasteiger partial charge in [-0.1, -0.05) is 6.07 Å². The van der Waals surface area contributed by atoms with E-state index in [-0.39, 0.29) is 41.7 Å². The highest BCUT2D eigenvalue weighted by molar-refractivity contribution is 7.89. The molecule has 0 fully saturated rings. The fourth-order valence-electron chi connectivity index (χ4n) is 2.50. The number of hydrogen-bond donors (Lipinski definition) is 3. The molecule has 2 aromatic rings. The van der Waals surface area contributed by atoms with Crippen LogP contribution in [-0.4, -0.2) is 50.6 Å². The Labute approximate surface area is 196 Å². The first-order chi connectivity index (χ1) is 15.9. The van der Waals surface area contributed by atoms with Gasteiger partial charge >= 0.3 is 6.09 Å². The number of hydrogen-bond acceptors (Lipinski definition) is 8. The van der Waals surface area contributed by atoms with Gasteiger partial charge in [0.25, 0.3) is 11.6 Å². The molecule has 0 spiro atoms. The van der Waals surface area contributed by atoms with Crippen molar-refractivity contribution in [2.45, 2.75) is 31.3 Å². The van der Waals surface area contributed by atoms with Crippen LogP contribution in [0.4, 0.5) is 16.2 Å². The molecule has 0 radical (unpaired) electrons. The summed E-state index contributed by atoms with van der Waals surface area (Å²) in [5.41, 5.74) is -0.544. The van der Waals surface area contributed by atoms with Crippen molar-refractivity contribution >= 4 is 33.4 Å². The second-order valence-corrected chi connectivity index (χ2v) is 9.71. The monoisotopic (exact) mass is 494 g/mol. The Hall–Kier alpha value is -3.71. The SMILES string of the molecule is CC(C)(C)OC(=O)NCCNS(=O)(=O)c1cccc(NC(=O)COc2ccc([N+](=O)[O-])cc2)c1. The van der Waals surface area contributed by atoms with Gasteiger partial charge in [-0.25, -0.2) is 17.9 Å². The summed E-state index contributed by atoms with van der Waals surface area (Å²) in [4.78, 5) is 33.8. The van der Waals surface area contributed by atoms with Gasteiger partial charge in [-0.3, -0.25) is 14.9 Å². The van der Waals surface area contributed by atoms with Gasteiger partial charge in [0, 0.05) is 30.9 Å². The van der Waals surface area contributed by atoms with Crippen molar-refractivity contribution in [2.75, 3.05) is 25.0 Å². The number of anilines is 1. The fourth-order valence-corrected chi connectivity index (χ4v) is 3.58. The molecule has 0 aliphatic heterocycles. The molecule has 0 atom stereocenters. The maximum atomic E-state index is 12.5. The number of carbonyl (C=O) groups is 2. The molecule has 0 saturated heterocycles. The second kappa shape index (κ2) is 11.4. The predicted octanol–water partition coefficient (Wildman–Crippen LogP) is 2.42. The van der Waals surface area contributed by atoms with E-state index in [9.17, 15) is 28.1 Å². The number of nitrogens with zero attached hydrogens (tertiary/aromatic N) is 1. The van der Waals surface area contributed by atoms with Gasteiger partial charge in [-0.15, -0.1) is 0 Å². The molecule has 0 aliphatic rings. The number of benzene rings is 2. The van der Waals surface area contributed by atoms with E-state index >= 15 is 0 Å². The molecule has 0 unspecified atom stereocenters. The lowest BCUT2D eigenvalue weighted by molar-refractivity contribution is -0.384. The lowest BCUT2D eigenvalue weighted by Crippen LogP contribution is -2.37. The molecule has 2 rings (SSSR count). The van der Waals surface area contributed by atoms with Gasteiger partial charge in [0.1, 0.15) is 11.4 Å². The van der Waals surface area contributed by atoms with Crippen LogP contribution in [0.25, 0.3) is 0 Å². The number of nitro benzene ring substituents is 1. The Morgan fingerprint density at radius 3 is 2.35 bits per heavy atom. The summed E-state index contributed by atoms with van der Waals surface area (Å²) in [6.07, 6.45) is -0.660. The molecular weight excluding hydrogens is 468 g/mol. The summed E-state index contributed by atoms with van der Waals surface area (Å²) in [6.45, 7) is 4.70. The van der Waals surface area contributed by atoms with Crippen LogP contribution in [0.15, 0.2) is 53.4 Å². The zero-order chi connectivity index (χ0) is 25.4. The van der Waals surface area contributed by atoms with Crippen LogP contribution < -0.4 is 20.1 Å². The van der Waals surface area contributed by atoms with E-state index in [1.54, 1.807) is 20.8 Å². The number of amides is 2. The number of carbonyl (C=O) groups excluding carboxylic acids is 2. The van der Waals surface area contributed by atoms with Gasteiger partial charge < -0.3 is 20.1 Å². The summed E-state index contributed by atoms with van der Waals surface area (Å²) >= 11 is 0. The van der Waals surface area contributed by atoms with E-state index in [2.05, 4.69) is 15.4 Å². The van der Waals surface area contributed by atoms with Crippen LogP contribution in [0.5, 0.6) is 5.75 Å². The molecule has 3 N–H and O–H groups in total. The van der Waals surface area contributed by atoms with Crippen molar-refractivity contribution in [3.63, 3.8) is 0 Å². The molecule has 0 aromatic heterocycles. The molecular formula is C21H26N4O8S. The fraction of sp³-hybridized carbons (Fsp3) is 0.333. The summed E-state index contributed by atoms with van der Waals surface area (Å²) in [5, 5.41) is 15.6. The zero-order valence-electron chi connectivity index (χ0n) is 18.9. The lowest BCUT2D eigenvalue weighted by Gasteiger charge is -2.19. The first kappa shape index (κ1) is 26.5. The highest BCUT2D eigenvalue weighted by Crippen LogP contribution is 2.18. The van der Waals surface area contributed by atoms with Crippen molar-refractivity contribution in [3.05, 3.63) is 58.6 Å². The van der Waals surface area contributed by atoms with Crippen LogP contribution in [-0.2, 0) is 19.6 Å². The van der Waals surface area contributed by atoms with Crippen molar-refractivity contribution < 1.29 is 32.4 Å². The van der Waals surface area contributed by atoms with Crippen LogP contribution in [0, 0.1) is 10.1 Å². The van der Waals surface area contributed by atoms with Gasteiger partial charge in [0.15, 0.2) is 6.61 Å².